The normalized spacial score (nSPS) is 12.8. The van der Waals surface area contributed by atoms with E-state index in [-0.39, 0.29) is 12.2 Å². The van der Waals surface area contributed by atoms with Crippen molar-refractivity contribution in [1.29, 1.82) is 5.26 Å². The maximum atomic E-state index is 11.8. The third-order valence-corrected chi connectivity index (χ3v) is 3.92. The molecule has 0 aromatic carbocycles. The van der Waals surface area contributed by atoms with Crippen LogP contribution in [0.4, 0.5) is 5.82 Å². The molecule has 1 atom stereocenters. The van der Waals surface area contributed by atoms with Crippen molar-refractivity contribution < 1.29 is 8.42 Å². The van der Waals surface area contributed by atoms with Crippen LogP contribution >= 0.6 is 0 Å². The van der Waals surface area contributed by atoms with E-state index < -0.39 is 15.3 Å². The van der Waals surface area contributed by atoms with Gasteiger partial charge in [-0.15, -0.1) is 0 Å². The van der Waals surface area contributed by atoms with E-state index in [1.165, 1.54) is 0 Å². The van der Waals surface area contributed by atoms with Gasteiger partial charge in [0.25, 0.3) is 0 Å². The summed E-state index contributed by atoms with van der Waals surface area (Å²) in [5, 5.41) is 7.71. The molecule has 1 N–H and O–H groups in total. The largest absolute Gasteiger partial charge is 0.266 e. The van der Waals surface area contributed by atoms with Crippen LogP contribution < -0.4 is 4.72 Å². The fourth-order valence-corrected chi connectivity index (χ4v) is 2.61. The molecule has 5 nitrogen and oxygen atoms in total. The molecule has 0 aliphatic heterocycles. The molecule has 1 heterocycles. The second kappa shape index (κ2) is 5.15. The van der Waals surface area contributed by atoms with Crippen molar-refractivity contribution in [2.75, 3.05) is 4.72 Å². The molecule has 1 aromatic heterocycles. The molecule has 1 unspecified atom stereocenters. The second-order valence-electron chi connectivity index (χ2n) is 3.84. The zero-order chi connectivity index (χ0) is 13.1. The van der Waals surface area contributed by atoms with Gasteiger partial charge < -0.3 is 0 Å². The molecule has 0 aliphatic carbocycles. The van der Waals surface area contributed by atoms with Gasteiger partial charge in [0.1, 0.15) is 5.82 Å². The molecule has 0 saturated heterocycles. The van der Waals surface area contributed by atoms with E-state index in [0.717, 1.165) is 11.3 Å². The number of pyridine rings is 1. The molecule has 0 spiro atoms. The highest BCUT2D eigenvalue weighted by Crippen LogP contribution is 2.14. The average molecular weight is 253 g/mol. The minimum atomic E-state index is -3.68. The van der Waals surface area contributed by atoms with E-state index >= 15 is 0 Å². The Balaban J connectivity index is 3.02. The molecule has 92 valence electrons. The van der Waals surface area contributed by atoms with Crippen molar-refractivity contribution in [3.05, 3.63) is 23.4 Å². The van der Waals surface area contributed by atoms with Crippen LogP contribution in [0.5, 0.6) is 0 Å². The van der Waals surface area contributed by atoms with Gasteiger partial charge in [0, 0.05) is 5.69 Å². The van der Waals surface area contributed by atoms with E-state index in [9.17, 15) is 8.42 Å². The predicted molar refractivity (Wildman–Crippen MR) is 65.9 cm³/mol. The van der Waals surface area contributed by atoms with Gasteiger partial charge in [-0.1, -0.05) is 6.92 Å². The van der Waals surface area contributed by atoms with Gasteiger partial charge in [-0.05, 0) is 38.0 Å². The summed E-state index contributed by atoms with van der Waals surface area (Å²) in [6.07, 6.45) is 0.247. The molecule has 0 bridgehead atoms. The fraction of sp³-hybridized carbons (Fsp3) is 0.455. The molecule has 0 fully saturated rings. The van der Waals surface area contributed by atoms with Crippen LogP contribution in [-0.4, -0.2) is 18.7 Å². The number of nitriles is 1. The van der Waals surface area contributed by atoms with Crippen molar-refractivity contribution >= 4 is 15.8 Å². The van der Waals surface area contributed by atoms with Crippen LogP contribution in [0.25, 0.3) is 0 Å². The second-order valence-corrected chi connectivity index (χ2v) is 5.71. The highest BCUT2D eigenvalue weighted by atomic mass is 32.2. The fourth-order valence-electron chi connectivity index (χ4n) is 1.49. The lowest BCUT2D eigenvalue weighted by molar-refractivity contribution is 0.592. The quantitative estimate of drug-likeness (QED) is 0.886. The Bertz CT molecular complexity index is 526. The third kappa shape index (κ3) is 3.43. The minimum absolute atomic E-state index is 0.247. The first-order valence-electron chi connectivity index (χ1n) is 5.25. The number of rotatable bonds is 4. The zero-order valence-electron chi connectivity index (χ0n) is 10.1. The van der Waals surface area contributed by atoms with Gasteiger partial charge in [0.05, 0.1) is 6.07 Å². The van der Waals surface area contributed by atoms with Crippen molar-refractivity contribution in [3.63, 3.8) is 0 Å². The summed E-state index contributed by atoms with van der Waals surface area (Å²) in [7, 11) is -3.68. The standard InChI is InChI=1S/C11H15N3O2S/c1-4-10(7-12)17(15,16)14-11-6-8(2)5-9(3)13-11/h5-6,10H,4H2,1-3H3,(H,13,14). The lowest BCUT2D eigenvalue weighted by atomic mass is 10.2. The van der Waals surface area contributed by atoms with Gasteiger partial charge in [0.15, 0.2) is 5.25 Å². The Hall–Kier alpha value is -1.61. The number of aryl methyl sites for hydroxylation is 2. The highest BCUT2D eigenvalue weighted by Gasteiger charge is 2.23. The number of nitrogens with zero attached hydrogens (tertiary/aromatic N) is 2. The van der Waals surface area contributed by atoms with Crippen LogP contribution in [0.3, 0.4) is 0 Å². The number of anilines is 1. The topological polar surface area (TPSA) is 82.8 Å². The summed E-state index contributed by atoms with van der Waals surface area (Å²) in [6.45, 7) is 5.29. The molecule has 6 heteroatoms. The third-order valence-electron chi connectivity index (χ3n) is 2.23. The summed E-state index contributed by atoms with van der Waals surface area (Å²) >= 11 is 0. The number of aromatic nitrogens is 1. The summed E-state index contributed by atoms with van der Waals surface area (Å²) in [6, 6.07) is 5.24. The SMILES string of the molecule is CCC(C#N)S(=O)(=O)Nc1cc(C)cc(C)n1. The van der Waals surface area contributed by atoms with Gasteiger partial charge >= 0.3 is 0 Å². The Morgan fingerprint density at radius 3 is 2.59 bits per heavy atom. The van der Waals surface area contributed by atoms with E-state index in [1.54, 1.807) is 26.0 Å². The molecule has 17 heavy (non-hydrogen) atoms. The summed E-state index contributed by atoms with van der Waals surface area (Å²) < 4.78 is 26.0. The van der Waals surface area contributed by atoms with Gasteiger partial charge in [-0.25, -0.2) is 13.4 Å². The lowest BCUT2D eigenvalue weighted by Gasteiger charge is -2.11. The van der Waals surface area contributed by atoms with Crippen molar-refractivity contribution in [1.82, 2.24) is 4.98 Å². The molecule has 0 radical (unpaired) electrons. The Labute approximate surface area is 102 Å². The molecule has 1 rings (SSSR count). The van der Waals surface area contributed by atoms with Crippen LogP contribution in [0.1, 0.15) is 24.6 Å². The van der Waals surface area contributed by atoms with E-state index in [2.05, 4.69) is 9.71 Å². The minimum Gasteiger partial charge on any atom is -0.266 e. The van der Waals surface area contributed by atoms with Crippen molar-refractivity contribution in [2.24, 2.45) is 0 Å². The molecule has 0 saturated carbocycles. The summed E-state index contributed by atoms with van der Waals surface area (Å²) in [4.78, 5) is 4.07. The first kappa shape index (κ1) is 13.5. The number of hydrogen-bond acceptors (Lipinski definition) is 4. The first-order valence-corrected chi connectivity index (χ1v) is 6.80. The van der Waals surface area contributed by atoms with E-state index in [1.807, 2.05) is 13.0 Å². The summed E-state index contributed by atoms with van der Waals surface area (Å²) in [5.41, 5.74) is 1.65. The maximum absolute atomic E-state index is 11.8. The molecule has 0 aliphatic rings. The lowest BCUT2D eigenvalue weighted by Crippen LogP contribution is -2.26. The van der Waals surface area contributed by atoms with Gasteiger partial charge in [0.2, 0.25) is 10.0 Å². The van der Waals surface area contributed by atoms with Gasteiger partial charge in [-0.3, -0.25) is 4.72 Å². The first-order chi connectivity index (χ1) is 7.89. The van der Waals surface area contributed by atoms with Gasteiger partial charge in [-0.2, -0.15) is 5.26 Å². The monoisotopic (exact) mass is 253 g/mol. The summed E-state index contributed by atoms with van der Waals surface area (Å²) in [5.74, 6) is 0.260. The van der Waals surface area contributed by atoms with Crippen LogP contribution in [-0.2, 0) is 10.0 Å². The maximum Gasteiger partial charge on any atom is 0.250 e. The zero-order valence-corrected chi connectivity index (χ0v) is 10.9. The molecule has 0 amide bonds. The number of nitrogens with one attached hydrogen (secondary N) is 1. The Morgan fingerprint density at radius 2 is 2.12 bits per heavy atom. The van der Waals surface area contributed by atoms with E-state index in [4.69, 9.17) is 5.26 Å². The van der Waals surface area contributed by atoms with Crippen LogP contribution in [0.15, 0.2) is 12.1 Å². The Morgan fingerprint density at radius 1 is 1.47 bits per heavy atom. The van der Waals surface area contributed by atoms with Crippen LogP contribution in [0.2, 0.25) is 0 Å². The van der Waals surface area contributed by atoms with Crippen LogP contribution in [0, 0.1) is 25.2 Å². The number of hydrogen-bond donors (Lipinski definition) is 1. The highest BCUT2D eigenvalue weighted by molar-refractivity contribution is 7.93. The number of sulfonamides is 1. The average Bonchev–Trinajstić information content (AvgIpc) is 2.15. The Kier molecular flexibility index (Phi) is 4.07. The smallest absolute Gasteiger partial charge is 0.250 e. The predicted octanol–water partition coefficient (Wildman–Crippen LogP) is 1.74. The molecule has 1 aromatic rings. The molecular formula is C11H15N3O2S. The van der Waals surface area contributed by atoms with Crippen molar-refractivity contribution in [3.8, 4) is 6.07 Å². The molecular weight excluding hydrogens is 238 g/mol. The van der Waals surface area contributed by atoms with Crippen molar-refractivity contribution in [2.45, 2.75) is 32.4 Å². The van der Waals surface area contributed by atoms with E-state index in [0.29, 0.717) is 0 Å².